The van der Waals surface area contributed by atoms with Gasteiger partial charge in [0.15, 0.2) is 0 Å². The number of carbonyl (C=O) groups is 1. The highest BCUT2D eigenvalue weighted by atomic mass is 32.1. The van der Waals surface area contributed by atoms with E-state index >= 15 is 0 Å². The van der Waals surface area contributed by atoms with Crippen molar-refractivity contribution in [1.82, 2.24) is 14.9 Å². The predicted octanol–water partition coefficient (Wildman–Crippen LogP) is 5.92. The molecule has 1 aliphatic heterocycles. The highest BCUT2D eigenvalue weighted by molar-refractivity contribution is 7.22. The van der Waals surface area contributed by atoms with Gasteiger partial charge in [-0.05, 0) is 74.6 Å². The smallest absolute Gasteiger partial charge is 0.410 e. The van der Waals surface area contributed by atoms with E-state index in [1.807, 2.05) is 57.2 Å². The summed E-state index contributed by atoms with van der Waals surface area (Å²) in [5, 5.41) is 0.839. The lowest BCUT2D eigenvalue weighted by Crippen LogP contribution is -2.37. The van der Waals surface area contributed by atoms with Gasteiger partial charge in [0.05, 0.1) is 25.1 Å². The third kappa shape index (κ3) is 5.38. The molecular weight excluding hydrogens is 502 g/mol. The molecule has 0 atom stereocenters. The molecule has 5 rings (SSSR count). The molecule has 1 aliphatic rings. The lowest BCUT2D eigenvalue weighted by molar-refractivity contribution is 0.0213. The standard InChI is InChI=1S/C29H31N3O5S/c1-29(2,3)37-28(34)32(16-18-7-9-20(35-4)10-8-18)17-22-21-6-5-15-36-24-23(21)26(27(33)31-22)38-25(24)19-11-13-30-14-12-19/h7-14H,5-6,15-17H2,1-4H3,(H,31,33). The first-order valence-corrected chi connectivity index (χ1v) is 13.4. The van der Waals surface area contributed by atoms with Gasteiger partial charge >= 0.3 is 6.09 Å². The van der Waals surface area contributed by atoms with Crippen LogP contribution in [0, 0.1) is 0 Å². The topological polar surface area (TPSA) is 93.8 Å². The van der Waals surface area contributed by atoms with Crippen molar-refractivity contribution in [2.24, 2.45) is 0 Å². The zero-order valence-electron chi connectivity index (χ0n) is 22.0. The van der Waals surface area contributed by atoms with Gasteiger partial charge in [0.25, 0.3) is 5.56 Å². The lowest BCUT2D eigenvalue weighted by Gasteiger charge is -2.28. The second-order valence-corrected chi connectivity index (χ2v) is 11.3. The Labute approximate surface area is 225 Å². The normalized spacial score (nSPS) is 13.1. The Bertz CT molecular complexity index is 1500. The van der Waals surface area contributed by atoms with Gasteiger partial charge in [-0.25, -0.2) is 4.79 Å². The number of hydrogen-bond donors (Lipinski definition) is 1. The second kappa shape index (κ2) is 10.5. The summed E-state index contributed by atoms with van der Waals surface area (Å²) in [6.45, 7) is 6.58. The number of carbonyl (C=O) groups excluding carboxylic acids is 1. The van der Waals surface area contributed by atoms with Crippen LogP contribution < -0.4 is 15.0 Å². The minimum Gasteiger partial charge on any atom is -0.497 e. The predicted molar refractivity (Wildman–Crippen MR) is 148 cm³/mol. The number of thiophene rings is 1. The number of hydrogen-bond acceptors (Lipinski definition) is 7. The maximum Gasteiger partial charge on any atom is 0.410 e. The van der Waals surface area contributed by atoms with Crippen molar-refractivity contribution in [3.8, 4) is 21.9 Å². The molecule has 1 N–H and O–H groups in total. The molecule has 9 heteroatoms. The molecule has 4 aromatic rings. The molecule has 1 aromatic carbocycles. The summed E-state index contributed by atoms with van der Waals surface area (Å²) in [6.07, 6.45) is 4.55. The first-order chi connectivity index (χ1) is 18.2. The van der Waals surface area contributed by atoms with Crippen molar-refractivity contribution in [1.29, 1.82) is 0 Å². The van der Waals surface area contributed by atoms with Gasteiger partial charge in [-0.15, -0.1) is 11.3 Å². The van der Waals surface area contributed by atoms with E-state index in [2.05, 4.69) is 9.97 Å². The van der Waals surface area contributed by atoms with Crippen molar-refractivity contribution in [2.75, 3.05) is 13.7 Å². The number of benzene rings is 1. The SMILES string of the molecule is COc1ccc(CN(Cc2[nH]c(=O)c3sc(-c4ccncc4)c4c3c2CCCO4)C(=O)OC(C)(C)C)cc1. The first kappa shape index (κ1) is 25.8. The maximum atomic E-state index is 13.3. The minimum atomic E-state index is -0.661. The molecule has 1 amide bonds. The summed E-state index contributed by atoms with van der Waals surface area (Å²) in [6, 6.07) is 11.4. The van der Waals surface area contributed by atoms with Gasteiger partial charge in [-0.2, -0.15) is 0 Å². The van der Waals surface area contributed by atoms with Gasteiger partial charge in [0.1, 0.15) is 21.8 Å². The fraction of sp³-hybridized carbons (Fsp3) is 0.345. The van der Waals surface area contributed by atoms with E-state index in [0.717, 1.165) is 51.3 Å². The summed E-state index contributed by atoms with van der Waals surface area (Å²) in [5.41, 5.74) is 2.74. The van der Waals surface area contributed by atoms with Crippen molar-refractivity contribution < 1.29 is 19.0 Å². The van der Waals surface area contributed by atoms with Gasteiger partial charge in [-0.3, -0.25) is 14.7 Å². The van der Waals surface area contributed by atoms with E-state index in [0.29, 0.717) is 23.5 Å². The zero-order valence-corrected chi connectivity index (χ0v) is 22.8. The first-order valence-electron chi connectivity index (χ1n) is 12.6. The molecule has 0 saturated heterocycles. The van der Waals surface area contributed by atoms with Crippen LogP contribution in [0.5, 0.6) is 11.5 Å². The van der Waals surface area contributed by atoms with Crippen molar-refractivity contribution in [3.63, 3.8) is 0 Å². The second-order valence-electron chi connectivity index (χ2n) is 10.2. The molecule has 4 heterocycles. The Balaban J connectivity index is 1.58. The summed E-state index contributed by atoms with van der Waals surface area (Å²) < 4.78 is 17.9. The van der Waals surface area contributed by atoms with E-state index in [1.165, 1.54) is 11.3 Å². The van der Waals surface area contributed by atoms with Crippen LogP contribution in [0.2, 0.25) is 0 Å². The number of H-pyrrole nitrogens is 1. The molecule has 3 aromatic heterocycles. The van der Waals surface area contributed by atoms with Crippen LogP contribution >= 0.6 is 11.3 Å². The molecule has 198 valence electrons. The van der Waals surface area contributed by atoms with Crippen molar-refractivity contribution in [2.45, 2.75) is 52.3 Å². The van der Waals surface area contributed by atoms with Gasteiger partial charge in [0.2, 0.25) is 0 Å². The highest BCUT2D eigenvalue weighted by Crippen LogP contribution is 2.46. The number of aromatic nitrogens is 2. The van der Waals surface area contributed by atoms with Gasteiger partial charge < -0.3 is 19.2 Å². The number of rotatable bonds is 6. The number of ether oxygens (including phenoxy) is 3. The van der Waals surface area contributed by atoms with Crippen LogP contribution in [0.25, 0.3) is 20.5 Å². The van der Waals surface area contributed by atoms with Gasteiger partial charge in [0, 0.05) is 30.0 Å². The summed E-state index contributed by atoms with van der Waals surface area (Å²) in [5.74, 6) is 1.47. The third-order valence-electron chi connectivity index (χ3n) is 6.29. The van der Waals surface area contributed by atoms with Crippen LogP contribution in [-0.2, 0) is 24.2 Å². The molecular formula is C29H31N3O5S. The fourth-order valence-electron chi connectivity index (χ4n) is 4.59. The van der Waals surface area contributed by atoms with Crippen LogP contribution in [0.4, 0.5) is 4.79 Å². The Morgan fingerprint density at radius 1 is 1.13 bits per heavy atom. The molecule has 0 unspecified atom stereocenters. The number of aryl methyl sites for hydroxylation is 1. The largest absolute Gasteiger partial charge is 0.497 e. The molecule has 0 saturated carbocycles. The van der Waals surface area contributed by atoms with E-state index in [4.69, 9.17) is 14.2 Å². The summed E-state index contributed by atoms with van der Waals surface area (Å²) >= 11 is 1.43. The number of pyridine rings is 2. The maximum absolute atomic E-state index is 13.3. The number of aromatic amines is 1. The Kier molecular flexibility index (Phi) is 7.12. The average molecular weight is 534 g/mol. The Morgan fingerprint density at radius 3 is 2.55 bits per heavy atom. The van der Waals surface area contributed by atoms with Crippen LogP contribution in [0.15, 0.2) is 53.6 Å². The van der Waals surface area contributed by atoms with Crippen LogP contribution in [0.3, 0.4) is 0 Å². The van der Waals surface area contributed by atoms with Crippen molar-refractivity contribution in [3.05, 3.63) is 76.0 Å². The molecule has 0 fully saturated rings. The molecule has 0 radical (unpaired) electrons. The zero-order chi connectivity index (χ0) is 26.9. The molecule has 38 heavy (non-hydrogen) atoms. The molecule has 8 nitrogen and oxygen atoms in total. The number of nitrogens with zero attached hydrogens (tertiary/aromatic N) is 2. The summed E-state index contributed by atoms with van der Waals surface area (Å²) in [4.78, 5) is 36.4. The highest BCUT2D eigenvalue weighted by Gasteiger charge is 2.28. The van der Waals surface area contributed by atoms with Crippen LogP contribution in [0.1, 0.15) is 44.0 Å². The quantitative estimate of drug-likeness (QED) is 0.331. The van der Waals surface area contributed by atoms with E-state index in [-0.39, 0.29) is 12.1 Å². The molecule has 0 bridgehead atoms. The Hall–Kier alpha value is -3.85. The number of methoxy groups -OCH3 is 1. The third-order valence-corrected chi connectivity index (χ3v) is 7.51. The molecule has 0 aliphatic carbocycles. The minimum absolute atomic E-state index is 0.190. The van der Waals surface area contributed by atoms with E-state index in [9.17, 15) is 9.59 Å². The van der Waals surface area contributed by atoms with Gasteiger partial charge in [-0.1, -0.05) is 12.1 Å². The fourth-order valence-corrected chi connectivity index (χ4v) is 5.76. The van der Waals surface area contributed by atoms with E-state index < -0.39 is 11.7 Å². The molecule has 0 spiro atoms. The number of nitrogens with one attached hydrogen (secondary N) is 1. The average Bonchev–Trinajstić information content (AvgIpc) is 3.13. The van der Waals surface area contributed by atoms with Crippen LogP contribution in [-0.4, -0.2) is 40.3 Å². The summed E-state index contributed by atoms with van der Waals surface area (Å²) in [7, 11) is 1.62. The van der Waals surface area contributed by atoms with Crippen molar-refractivity contribution >= 4 is 27.5 Å². The number of amides is 1. The lowest BCUT2D eigenvalue weighted by atomic mass is 10.0. The Morgan fingerprint density at radius 2 is 1.87 bits per heavy atom. The van der Waals surface area contributed by atoms with E-state index in [1.54, 1.807) is 24.4 Å². The monoisotopic (exact) mass is 533 g/mol.